The van der Waals surface area contributed by atoms with Crippen LogP contribution in [0, 0.1) is 5.82 Å². The Balaban J connectivity index is 2.42. The molecule has 0 spiro atoms. The van der Waals surface area contributed by atoms with E-state index in [9.17, 15) is 9.18 Å². The molecule has 0 heterocycles. The van der Waals surface area contributed by atoms with E-state index in [0.29, 0.717) is 12.2 Å². The Labute approximate surface area is 105 Å². The van der Waals surface area contributed by atoms with Crippen LogP contribution < -0.4 is 16.4 Å². The van der Waals surface area contributed by atoms with Gasteiger partial charge in [0.2, 0.25) is 5.91 Å². The van der Waals surface area contributed by atoms with E-state index in [-0.39, 0.29) is 24.2 Å². The van der Waals surface area contributed by atoms with E-state index in [1.165, 1.54) is 24.3 Å². The molecule has 0 saturated heterocycles. The molecule has 1 amide bonds. The smallest absolute Gasteiger partial charge is 0.246 e. The Morgan fingerprint density at radius 2 is 2.11 bits per heavy atom. The average molecular weight is 250 g/mol. The molecule has 0 unspecified atom stereocenters. The Hall–Kier alpha value is -2.37. The van der Waals surface area contributed by atoms with Gasteiger partial charge in [-0.15, -0.1) is 6.58 Å². The highest BCUT2D eigenvalue weighted by Crippen LogP contribution is 2.07. The van der Waals surface area contributed by atoms with Crippen molar-refractivity contribution in [1.82, 2.24) is 5.32 Å². The van der Waals surface area contributed by atoms with Crippen LogP contribution in [0.1, 0.15) is 0 Å². The maximum atomic E-state index is 12.6. The summed E-state index contributed by atoms with van der Waals surface area (Å²) in [5.41, 5.74) is 5.99. The second kappa shape index (κ2) is 7.05. The Bertz CT molecular complexity index is 442. The summed E-state index contributed by atoms with van der Waals surface area (Å²) >= 11 is 0. The fourth-order valence-electron chi connectivity index (χ4n) is 1.12. The van der Waals surface area contributed by atoms with Crippen molar-refractivity contribution in [3.05, 3.63) is 42.7 Å². The van der Waals surface area contributed by atoms with E-state index < -0.39 is 0 Å². The second-order valence-corrected chi connectivity index (χ2v) is 3.43. The lowest BCUT2D eigenvalue weighted by Gasteiger charge is -2.04. The van der Waals surface area contributed by atoms with Gasteiger partial charge < -0.3 is 16.4 Å². The molecule has 1 aromatic carbocycles. The summed E-state index contributed by atoms with van der Waals surface area (Å²) in [6, 6.07) is 5.46. The summed E-state index contributed by atoms with van der Waals surface area (Å²) in [6.07, 6.45) is 1.63. The number of hydrogen-bond acceptors (Lipinski definition) is 2. The number of rotatable bonds is 5. The molecule has 4 N–H and O–H groups in total. The monoisotopic (exact) mass is 250 g/mol. The van der Waals surface area contributed by atoms with Crippen molar-refractivity contribution >= 4 is 17.6 Å². The van der Waals surface area contributed by atoms with Crippen molar-refractivity contribution in [2.75, 3.05) is 18.4 Å². The number of aliphatic imine (C=N–C) groups is 1. The quantitative estimate of drug-likeness (QED) is 0.412. The van der Waals surface area contributed by atoms with Gasteiger partial charge >= 0.3 is 0 Å². The van der Waals surface area contributed by atoms with Gasteiger partial charge in [-0.3, -0.25) is 4.79 Å². The third kappa shape index (κ3) is 5.11. The van der Waals surface area contributed by atoms with Crippen molar-refractivity contribution in [3.8, 4) is 0 Å². The van der Waals surface area contributed by atoms with Crippen molar-refractivity contribution in [2.24, 2.45) is 10.7 Å². The molecule has 0 saturated carbocycles. The number of nitrogens with zero attached hydrogens (tertiary/aromatic N) is 1. The Kier molecular flexibility index (Phi) is 5.37. The fraction of sp³-hybridized carbons (Fsp3) is 0.167. The summed E-state index contributed by atoms with van der Waals surface area (Å²) in [5, 5.41) is 5.30. The standard InChI is InChI=1S/C12H15FN4O/c1-2-7-15-12(14)16-8-11(18)17-10-5-3-9(13)4-6-10/h2-6H,1,7-8H2,(H,17,18)(H3,14,15,16). The number of nitrogens with two attached hydrogens (primary N) is 1. The molecule has 1 rings (SSSR count). The molecule has 0 bridgehead atoms. The zero-order valence-corrected chi connectivity index (χ0v) is 9.82. The summed E-state index contributed by atoms with van der Waals surface area (Å²) in [5.74, 6) is -0.516. The molecule has 0 fully saturated rings. The minimum Gasteiger partial charge on any atom is -0.370 e. The van der Waals surface area contributed by atoms with E-state index in [1.807, 2.05) is 0 Å². The van der Waals surface area contributed by atoms with Crippen LogP contribution in [0.25, 0.3) is 0 Å². The van der Waals surface area contributed by atoms with Gasteiger partial charge in [0.25, 0.3) is 0 Å². The zero-order valence-electron chi connectivity index (χ0n) is 9.82. The molecule has 18 heavy (non-hydrogen) atoms. The van der Waals surface area contributed by atoms with Crippen LogP contribution in [0.15, 0.2) is 41.9 Å². The van der Waals surface area contributed by atoms with Gasteiger partial charge in [0.1, 0.15) is 12.4 Å². The molecule has 5 nitrogen and oxygen atoms in total. The first kappa shape index (κ1) is 13.7. The number of amides is 1. The average Bonchev–Trinajstić information content (AvgIpc) is 2.36. The molecule has 96 valence electrons. The zero-order chi connectivity index (χ0) is 13.4. The van der Waals surface area contributed by atoms with Crippen molar-refractivity contribution in [3.63, 3.8) is 0 Å². The maximum Gasteiger partial charge on any atom is 0.246 e. The minimum absolute atomic E-state index is 0.104. The van der Waals surface area contributed by atoms with Crippen LogP contribution in [-0.2, 0) is 4.79 Å². The van der Waals surface area contributed by atoms with Crippen molar-refractivity contribution in [1.29, 1.82) is 0 Å². The lowest BCUT2D eigenvalue weighted by Crippen LogP contribution is -2.32. The van der Waals surface area contributed by atoms with E-state index in [0.717, 1.165) is 0 Å². The number of hydrogen-bond donors (Lipinski definition) is 3. The van der Waals surface area contributed by atoms with Gasteiger partial charge in [-0.05, 0) is 24.3 Å². The third-order valence-corrected chi connectivity index (χ3v) is 1.95. The molecule has 0 aliphatic heterocycles. The molecule has 0 atom stereocenters. The second-order valence-electron chi connectivity index (χ2n) is 3.43. The van der Waals surface area contributed by atoms with Crippen LogP contribution in [-0.4, -0.2) is 25.0 Å². The summed E-state index contributed by atoms with van der Waals surface area (Å²) in [7, 11) is 0. The van der Waals surface area contributed by atoms with Crippen LogP contribution in [0.5, 0.6) is 0 Å². The topological polar surface area (TPSA) is 79.5 Å². The van der Waals surface area contributed by atoms with E-state index >= 15 is 0 Å². The first-order valence-electron chi connectivity index (χ1n) is 5.32. The lowest BCUT2D eigenvalue weighted by molar-refractivity contribution is -0.114. The predicted molar refractivity (Wildman–Crippen MR) is 69.7 cm³/mol. The van der Waals surface area contributed by atoms with Crippen LogP contribution in [0.3, 0.4) is 0 Å². The van der Waals surface area contributed by atoms with Crippen LogP contribution >= 0.6 is 0 Å². The molecule has 0 aliphatic rings. The predicted octanol–water partition coefficient (Wildman–Crippen LogP) is 0.854. The van der Waals surface area contributed by atoms with Gasteiger partial charge in [-0.1, -0.05) is 6.08 Å². The maximum absolute atomic E-state index is 12.6. The summed E-state index contributed by atoms with van der Waals surface area (Å²) in [6.45, 7) is 3.89. The summed E-state index contributed by atoms with van der Waals surface area (Å²) < 4.78 is 12.6. The van der Waals surface area contributed by atoms with E-state index in [2.05, 4.69) is 22.2 Å². The van der Waals surface area contributed by atoms with Gasteiger partial charge in [0.15, 0.2) is 5.96 Å². The first-order valence-corrected chi connectivity index (χ1v) is 5.32. The van der Waals surface area contributed by atoms with E-state index in [4.69, 9.17) is 5.73 Å². The normalized spacial score (nSPS) is 10.8. The highest BCUT2D eigenvalue weighted by molar-refractivity contribution is 5.93. The molecule has 0 aromatic heterocycles. The minimum atomic E-state index is -0.358. The van der Waals surface area contributed by atoms with Gasteiger partial charge in [0.05, 0.1) is 0 Å². The molecule has 1 aromatic rings. The number of nitrogens with one attached hydrogen (secondary N) is 2. The third-order valence-electron chi connectivity index (χ3n) is 1.95. The van der Waals surface area contributed by atoms with Crippen LogP contribution in [0.2, 0.25) is 0 Å². The van der Waals surface area contributed by atoms with Crippen molar-refractivity contribution < 1.29 is 9.18 Å². The molecule has 0 radical (unpaired) electrons. The van der Waals surface area contributed by atoms with Gasteiger partial charge in [-0.2, -0.15) is 0 Å². The number of guanidine groups is 1. The number of anilines is 1. The molecular formula is C12H15FN4O. The highest BCUT2D eigenvalue weighted by Gasteiger charge is 2.01. The Morgan fingerprint density at radius 1 is 1.44 bits per heavy atom. The molecule has 0 aliphatic carbocycles. The lowest BCUT2D eigenvalue weighted by atomic mass is 10.3. The van der Waals surface area contributed by atoms with Gasteiger partial charge in [-0.25, -0.2) is 9.38 Å². The van der Waals surface area contributed by atoms with Crippen molar-refractivity contribution in [2.45, 2.75) is 0 Å². The summed E-state index contributed by atoms with van der Waals surface area (Å²) in [4.78, 5) is 15.3. The number of halogens is 1. The largest absolute Gasteiger partial charge is 0.370 e. The highest BCUT2D eigenvalue weighted by atomic mass is 19.1. The number of carbonyl (C=O) groups excluding carboxylic acids is 1. The van der Waals surface area contributed by atoms with E-state index in [1.54, 1.807) is 6.08 Å². The fourth-order valence-corrected chi connectivity index (χ4v) is 1.12. The molecular weight excluding hydrogens is 235 g/mol. The van der Waals surface area contributed by atoms with Crippen LogP contribution in [0.4, 0.5) is 10.1 Å². The molecule has 6 heteroatoms. The first-order chi connectivity index (χ1) is 8.61. The SMILES string of the molecule is C=CCNC(N)=NCC(=O)Nc1ccc(F)cc1. The van der Waals surface area contributed by atoms with Gasteiger partial charge in [0, 0.05) is 12.2 Å². The Morgan fingerprint density at radius 3 is 2.72 bits per heavy atom. The number of benzene rings is 1. The number of carbonyl (C=O) groups is 1.